The molecule has 1 aromatic heterocycles. The first-order chi connectivity index (χ1) is 16.7. The third-order valence-electron chi connectivity index (χ3n) is 4.92. The minimum atomic E-state index is -3.33. The Hall–Kier alpha value is -3.55. The van der Waals surface area contributed by atoms with Crippen molar-refractivity contribution in [1.29, 1.82) is 0 Å². The highest BCUT2D eigenvalue weighted by Crippen LogP contribution is 2.31. The van der Waals surface area contributed by atoms with E-state index in [-0.39, 0.29) is 18.1 Å². The Balaban J connectivity index is 2.35. The van der Waals surface area contributed by atoms with Gasteiger partial charge < -0.3 is 20.7 Å². The highest BCUT2D eigenvalue weighted by Gasteiger charge is 2.28. The van der Waals surface area contributed by atoms with Gasteiger partial charge in [-0.25, -0.2) is 18.2 Å². The number of hydrogen-bond acceptors (Lipinski definition) is 5. The van der Waals surface area contributed by atoms with Crippen molar-refractivity contribution in [3.05, 3.63) is 89.6 Å². The Morgan fingerprint density at radius 1 is 1.22 bits per heavy atom. The van der Waals surface area contributed by atoms with Crippen molar-refractivity contribution in [2.45, 2.75) is 52.2 Å². The number of anilines is 1. The second-order valence-corrected chi connectivity index (χ2v) is 9.32. The van der Waals surface area contributed by atoms with Crippen LogP contribution in [0.25, 0.3) is 0 Å². The molecule has 0 spiro atoms. The molecule has 0 aliphatic carbocycles. The number of nitrogens with one attached hydrogen (secondary N) is 1. The molecule has 6 nitrogen and oxygen atoms in total. The van der Waals surface area contributed by atoms with Gasteiger partial charge in [-0.3, -0.25) is 4.98 Å². The lowest BCUT2D eigenvalue weighted by Crippen LogP contribution is -2.30. The number of pyridine rings is 1. The molecule has 2 aromatic rings. The van der Waals surface area contributed by atoms with Gasteiger partial charge in [-0.1, -0.05) is 18.9 Å². The van der Waals surface area contributed by atoms with Crippen molar-refractivity contribution in [2.24, 2.45) is 10.7 Å². The first-order valence-corrected chi connectivity index (χ1v) is 11.4. The topological polar surface area (TPSA) is 75.8 Å². The Morgan fingerprint density at radius 2 is 1.92 bits per heavy atom. The minimum absolute atomic E-state index is 0.172. The molecule has 0 saturated carbocycles. The highest BCUT2D eigenvalue weighted by molar-refractivity contribution is 5.99. The normalized spacial score (nSPS) is 12.1. The van der Waals surface area contributed by atoms with Crippen LogP contribution in [-0.2, 0) is 17.2 Å². The van der Waals surface area contributed by atoms with E-state index in [1.165, 1.54) is 6.07 Å². The molecular formula is C27H34F3N5O. The highest BCUT2D eigenvalue weighted by atomic mass is 19.3. The quantitative estimate of drug-likeness (QED) is 0.183. The molecule has 9 heteroatoms. The van der Waals surface area contributed by atoms with E-state index in [2.05, 4.69) is 34.2 Å². The fourth-order valence-corrected chi connectivity index (χ4v) is 3.28. The summed E-state index contributed by atoms with van der Waals surface area (Å²) >= 11 is 0. The van der Waals surface area contributed by atoms with Gasteiger partial charge in [0.25, 0.3) is 5.92 Å². The van der Waals surface area contributed by atoms with E-state index in [4.69, 9.17) is 10.5 Å². The molecule has 36 heavy (non-hydrogen) atoms. The second kappa shape index (κ2) is 11.9. The van der Waals surface area contributed by atoms with Crippen molar-refractivity contribution < 1.29 is 17.9 Å². The molecular weight excluding hydrogens is 467 g/mol. The standard InChI is InChI=1S/C27H34F3N5O/c1-8-22(36-26(3,4)5)12-14-35(7)25(19-11-13-32-21(15-19)17-31)34-18(2)33-20-9-10-24(28)23(16-20)27(6,29)30/h9-11,13,15-16,33H,1-2,12,14,17,31H2,3-7H3/b34-25-. The van der Waals surface area contributed by atoms with Crippen molar-refractivity contribution in [3.8, 4) is 0 Å². The Labute approximate surface area is 211 Å². The summed E-state index contributed by atoms with van der Waals surface area (Å²) in [4.78, 5) is 10.7. The second-order valence-electron chi connectivity index (χ2n) is 9.32. The lowest BCUT2D eigenvalue weighted by molar-refractivity contribution is 0.0138. The van der Waals surface area contributed by atoms with Crippen LogP contribution in [0.1, 0.15) is 50.9 Å². The van der Waals surface area contributed by atoms with Crippen LogP contribution in [-0.4, -0.2) is 34.9 Å². The molecule has 1 heterocycles. The van der Waals surface area contributed by atoms with Crippen LogP contribution in [0.3, 0.4) is 0 Å². The summed E-state index contributed by atoms with van der Waals surface area (Å²) in [5.41, 5.74) is 9.13. The lowest BCUT2D eigenvalue weighted by Gasteiger charge is -2.26. The summed E-state index contributed by atoms with van der Waals surface area (Å²) in [5.74, 6) is -3.00. The number of ether oxygens (including phenoxy) is 1. The monoisotopic (exact) mass is 501 g/mol. The summed E-state index contributed by atoms with van der Waals surface area (Å²) < 4.78 is 47.3. The largest absolute Gasteiger partial charge is 0.484 e. The number of aliphatic imine (C=N–C) groups is 1. The molecule has 0 unspecified atom stereocenters. The first kappa shape index (κ1) is 28.7. The summed E-state index contributed by atoms with van der Waals surface area (Å²) in [7, 11) is 1.85. The minimum Gasteiger partial charge on any atom is -0.484 e. The Bertz CT molecular complexity index is 1160. The zero-order valence-corrected chi connectivity index (χ0v) is 21.5. The third kappa shape index (κ3) is 8.59. The molecule has 0 aliphatic heterocycles. The maximum atomic E-state index is 13.9. The predicted octanol–water partition coefficient (Wildman–Crippen LogP) is 5.93. The number of aromatic nitrogens is 1. The maximum Gasteiger partial charge on any atom is 0.273 e. The van der Waals surface area contributed by atoms with E-state index in [0.29, 0.717) is 37.2 Å². The summed E-state index contributed by atoms with van der Waals surface area (Å²) in [6.07, 6.45) is 2.14. The zero-order valence-electron chi connectivity index (χ0n) is 21.5. The van der Waals surface area contributed by atoms with Crippen molar-refractivity contribution in [3.63, 3.8) is 0 Å². The van der Waals surface area contributed by atoms with E-state index in [0.717, 1.165) is 17.7 Å². The van der Waals surface area contributed by atoms with Gasteiger partial charge >= 0.3 is 0 Å². The van der Waals surface area contributed by atoms with Gasteiger partial charge in [0, 0.05) is 50.9 Å². The molecule has 2 rings (SSSR count). The number of nitrogens with zero attached hydrogens (tertiary/aromatic N) is 3. The number of rotatable bonds is 10. The number of benzene rings is 1. The van der Waals surface area contributed by atoms with Crippen LogP contribution in [0.4, 0.5) is 18.9 Å². The molecule has 194 valence electrons. The van der Waals surface area contributed by atoms with Crippen molar-refractivity contribution in [2.75, 3.05) is 18.9 Å². The van der Waals surface area contributed by atoms with Gasteiger partial charge in [-0.05, 0) is 51.1 Å². The molecule has 0 bridgehead atoms. The summed E-state index contributed by atoms with van der Waals surface area (Å²) in [6.45, 7) is 14.8. The number of alkyl halides is 2. The van der Waals surface area contributed by atoms with Gasteiger partial charge in [0.1, 0.15) is 28.8 Å². The van der Waals surface area contributed by atoms with Crippen LogP contribution >= 0.6 is 0 Å². The van der Waals surface area contributed by atoms with Crippen LogP contribution in [0, 0.1) is 5.82 Å². The van der Waals surface area contributed by atoms with E-state index < -0.39 is 22.9 Å². The molecule has 0 atom stereocenters. The lowest BCUT2D eigenvalue weighted by atomic mass is 10.1. The summed E-state index contributed by atoms with van der Waals surface area (Å²) in [6, 6.07) is 6.97. The Morgan fingerprint density at radius 3 is 2.50 bits per heavy atom. The number of nitrogens with two attached hydrogens (primary N) is 1. The molecule has 0 radical (unpaired) electrons. The fraction of sp³-hybridized carbons (Fsp3) is 0.370. The first-order valence-electron chi connectivity index (χ1n) is 11.4. The molecule has 0 aliphatic rings. The van der Waals surface area contributed by atoms with Gasteiger partial charge in [0.05, 0.1) is 11.3 Å². The van der Waals surface area contributed by atoms with Gasteiger partial charge in [0.15, 0.2) is 0 Å². The van der Waals surface area contributed by atoms with Crippen LogP contribution in [0.2, 0.25) is 0 Å². The third-order valence-corrected chi connectivity index (χ3v) is 4.92. The number of halogens is 3. The summed E-state index contributed by atoms with van der Waals surface area (Å²) in [5, 5.41) is 2.87. The van der Waals surface area contributed by atoms with Crippen LogP contribution in [0.5, 0.6) is 0 Å². The number of hydrogen-bond donors (Lipinski definition) is 2. The van der Waals surface area contributed by atoms with Gasteiger partial charge in [-0.15, -0.1) is 0 Å². The van der Waals surface area contributed by atoms with Crippen molar-refractivity contribution in [1.82, 2.24) is 9.88 Å². The molecule has 1 aromatic carbocycles. The smallest absolute Gasteiger partial charge is 0.273 e. The van der Waals surface area contributed by atoms with E-state index in [9.17, 15) is 13.2 Å². The average Bonchev–Trinajstić information content (AvgIpc) is 2.79. The van der Waals surface area contributed by atoms with Crippen molar-refractivity contribution >= 4 is 11.5 Å². The molecule has 3 N–H and O–H groups in total. The Kier molecular flexibility index (Phi) is 9.50. The maximum absolute atomic E-state index is 13.9. The SMILES string of the molecule is C=C=C(CCN(C)/C(=N\C(=C)Nc1ccc(F)c(C(C)(F)F)c1)c1ccnc(CN)c1)OC(C)(C)C. The van der Waals surface area contributed by atoms with E-state index in [1.54, 1.807) is 12.3 Å². The van der Waals surface area contributed by atoms with Crippen LogP contribution in [0.15, 0.2) is 72.0 Å². The van der Waals surface area contributed by atoms with Gasteiger partial charge in [-0.2, -0.15) is 0 Å². The van der Waals surface area contributed by atoms with E-state index >= 15 is 0 Å². The fourth-order valence-electron chi connectivity index (χ4n) is 3.28. The van der Waals surface area contributed by atoms with E-state index in [1.807, 2.05) is 38.8 Å². The number of amidine groups is 1. The molecule has 0 fully saturated rings. The molecule has 0 amide bonds. The predicted molar refractivity (Wildman–Crippen MR) is 138 cm³/mol. The average molecular weight is 502 g/mol. The van der Waals surface area contributed by atoms with Crippen LogP contribution < -0.4 is 11.1 Å². The molecule has 0 saturated heterocycles. The zero-order chi connectivity index (χ0) is 27.1. The van der Waals surface area contributed by atoms with Gasteiger partial charge in [0.2, 0.25) is 0 Å².